The first-order valence-electron chi connectivity index (χ1n) is 9.39. The Morgan fingerprint density at radius 1 is 1.19 bits per heavy atom. The number of nitrogens with one attached hydrogen (secondary N) is 1. The predicted molar refractivity (Wildman–Crippen MR) is 103 cm³/mol. The number of carbonyl (C=O) groups excluding carboxylic acids is 1. The number of aromatic nitrogens is 2. The standard InChI is InChI=1S/C21H24N4O2/c26-21(20-8-7-19(27-20)16-25-12-4-10-23-25)22-11-14-24-13-9-18(15-24)17-5-2-1-3-6-17/h1-8,10,12,18H,9,11,13-16H2,(H,22,26)/t18-/m1/s1. The first-order valence-corrected chi connectivity index (χ1v) is 9.39. The van der Waals surface area contributed by atoms with E-state index < -0.39 is 0 Å². The van der Waals surface area contributed by atoms with Crippen molar-refractivity contribution in [2.45, 2.75) is 18.9 Å². The normalized spacial score (nSPS) is 17.3. The lowest BCUT2D eigenvalue weighted by atomic mass is 9.99. The van der Waals surface area contributed by atoms with Crippen molar-refractivity contribution < 1.29 is 9.21 Å². The number of hydrogen-bond acceptors (Lipinski definition) is 4. The molecule has 0 spiro atoms. The molecular formula is C21H24N4O2. The molecule has 3 aromatic rings. The Labute approximate surface area is 158 Å². The van der Waals surface area contributed by atoms with Crippen molar-refractivity contribution in [3.8, 4) is 0 Å². The third-order valence-electron chi connectivity index (χ3n) is 5.02. The van der Waals surface area contributed by atoms with Crippen molar-refractivity contribution in [1.82, 2.24) is 20.0 Å². The summed E-state index contributed by atoms with van der Waals surface area (Å²) in [6, 6.07) is 16.1. The molecule has 3 heterocycles. The van der Waals surface area contributed by atoms with Crippen LogP contribution in [0.15, 0.2) is 65.3 Å². The number of likely N-dealkylation sites (tertiary alicyclic amines) is 1. The van der Waals surface area contributed by atoms with E-state index in [0.717, 1.165) is 19.6 Å². The molecule has 0 unspecified atom stereocenters. The zero-order chi connectivity index (χ0) is 18.5. The lowest BCUT2D eigenvalue weighted by Gasteiger charge is -2.16. The minimum absolute atomic E-state index is 0.166. The van der Waals surface area contributed by atoms with Crippen LogP contribution in [0, 0.1) is 0 Å². The van der Waals surface area contributed by atoms with Gasteiger partial charge in [-0.15, -0.1) is 0 Å². The summed E-state index contributed by atoms with van der Waals surface area (Å²) in [5, 5.41) is 7.09. The average molecular weight is 364 g/mol. The molecule has 6 heteroatoms. The minimum Gasteiger partial charge on any atom is -0.454 e. The molecule has 6 nitrogen and oxygen atoms in total. The van der Waals surface area contributed by atoms with E-state index in [2.05, 4.69) is 45.6 Å². The molecule has 1 atom stereocenters. The van der Waals surface area contributed by atoms with E-state index >= 15 is 0 Å². The zero-order valence-corrected chi connectivity index (χ0v) is 15.3. The average Bonchev–Trinajstić information content (AvgIpc) is 3.45. The van der Waals surface area contributed by atoms with Gasteiger partial charge < -0.3 is 14.6 Å². The Hall–Kier alpha value is -2.86. The first-order chi connectivity index (χ1) is 13.3. The van der Waals surface area contributed by atoms with Crippen LogP contribution in [-0.2, 0) is 6.54 Å². The molecule has 1 fully saturated rings. The fourth-order valence-electron chi connectivity index (χ4n) is 3.59. The number of carbonyl (C=O) groups is 1. The van der Waals surface area contributed by atoms with Crippen molar-refractivity contribution in [2.75, 3.05) is 26.2 Å². The monoisotopic (exact) mass is 364 g/mol. The highest BCUT2D eigenvalue weighted by Crippen LogP contribution is 2.26. The molecule has 27 heavy (non-hydrogen) atoms. The van der Waals surface area contributed by atoms with E-state index in [1.807, 2.05) is 18.3 Å². The quantitative estimate of drug-likeness (QED) is 0.700. The van der Waals surface area contributed by atoms with E-state index in [4.69, 9.17) is 4.42 Å². The van der Waals surface area contributed by atoms with Crippen LogP contribution in [0.2, 0.25) is 0 Å². The van der Waals surface area contributed by atoms with Gasteiger partial charge in [0.15, 0.2) is 5.76 Å². The third kappa shape index (κ3) is 4.46. The molecule has 0 radical (unpaired) electrons. The summed E-state index contributed by atoms with van der Waals surface area (Å²) in [6.07, 6.45) is 4.76. The predicted octanol–water partition coefficient (Wildman–Crippen LogP) is 2.74. The highest BCUT2D eigenvalue weighted by atomic mass is 16.4. The van der Waals surface area contributed by atoms with E-state index in [0.29, 0.717) is 30.5 Å². The second-order valence-corrected chi connectivity index (χ2v) is 6.92. The van der Waals surface area contributed by atoms with Gasteiger partial charge in [0.25, 0.3) is 5.91 Å². The van der Waals surface area contributed by atoms with Crippen LogP contribution in [0.5, 0.6) is 0 Å². The maximum atomic E-state index is 12.3. The number of nitrogens with zero attached hydrogens (tertiary/aromatic N) is 3. The number of rotatable bonds is 7. The molecule has 1 N–H and O–H groups in total. The van der Waals surface area contributed by atoms with Gasteiger partial charge in [-0.05, 0) is 42.6 Å². The Kier molecular flexibility index (Phi) is 5.34. The first kappa shape index (κ1) is 17.5. The van der Waals surface area contributed by atoms with E-state index in [9.17, 15) is 4.79 Å². The molecule has 2 aromatic heterocycles. The van der Waals surface area contributed by atoms with Gasteiger partial charge in [-0.3, -0.25) is 9.48 Å². The highest BCUT2D eigenvalue weighted by Gasteiger charge is 2.23. The van der Waals surface area contributed by atoms with Gasteiger partial charge in [0.1, 0.15) is 5.76 Å². The molecule has 1 aliphatic heterocycles. The second-order valence-electron chi connectivity index (χ2n) is 6.92. The van der Waals surface area contributed by atoms with E-state index in [-0.39, 0.29) is 5.91 Å². The SMILES string of the molecule is O=C(NCCN1CC[C@@H](c2ccccc2)C1)c1ccc(Cn2cccn2)o1. The molecule has 1 saturated heterocycles. The van der Waals surface area contributed by atoms with Gasteiger partial charge in [0, 0.05) is 32.0 Å². The summed E-state index contributed by atoms with van der Waals surface area (Å²) in [4.78, 5) is 14.7. The van der Waals surface area contributed by atoms with Crippen LogP contribution in [-0.4, -0.2) is 46.8 Å². The number of furan rings is 1. The Morgan fingerprint density at radius 3 is 2.89 bits per heavy atom. The summed E-state index contributed by atoms with van der Waals surface area (Å²) in [5.74, 6) is 1.49. The fourth-order valence-corrected chi connectivity index (χ4v) is 3.59. The Bertz CT molecular complexity index is 857. The lowest BCUT2D eigenvalue weighted by molar-refractivity contribution is 0.0920. The van der Waals surface area contributed by atoms with Gasteiger partial charge in [0.05, 0.1) is 6.54 Å². The summed E-state index contributed by atoms with van der Waals surface area (Å²) in [7, 11) is 0. The van der Waals surface area contributed by atoms with Gasteiger partial charge in [-0.25, -0.2) is 0 Å². The highest BCUT2D eigenvalue weighted by molar-refractivity contribution is 5.91. The van der Waals surface area contributed by atoms with Crippen LogP contribution in [0.3, 0.4) is 0 Å². The van der Waals surface area contributed by atoms with Gasteiger partial charge in [-0.1, -0.05) is 30.3 Å². The molecule has 140 valence electrons. The van der Waals surface area contributed by atoms with E-state index in [1.54, 1.807) is 16.9 Å². The Balaban J connectivity index is 1.21. The molecule has 0 saturated carbocycles. The zero-order valence-electron chi connectivity index (χ0n) is 15.3. The van der Waals surface area contributed by atoms with Gasteiger partial charge in [-0.2, -0.15) is 5.10 Å². The van der Waals surface area contributed by atoms with Crippen LogP contribution in [0.1, 0.15) is 34.2 Å². The molecule has 0 bridgehead atoms. The number of hydrogen-bond donors (Lipinski definition) is 1. The smallest absolute Gasteiger partial charge is 0.287 e. The summed E-state index contributed by atoms with van der Waals surface area (Å²) < 4.78 is 7.39. The molecule has 1 aliphatic rings. The van der Waals surface area contributed by atoms with E-state index in [1.165, 1.54) is 12.0 Å². The van der Waals surface area contributed by atoms with Gasteiger partial charge >= 0.3 is 0 Å². The minimum atomic E-state index is -0.166. The third-order valence-corrected chi connectivity index (χ3v) is 5.02. The van der Waals surface area contributed by atoms with Crippen molar-refractivity contribution in [1.29, 1.82) is 0 Å². The summed E-state index contributed by atoms with van der Waals surface area (Å²) in [6.45, 7) is 4.12. The van der Waals surface area contributed by atoms with Crippen LogP contribution in [0.4, 0.5) is 0 Å². The maximum absolute atomic E-state index is 12.3. The van der Waals surface area contributed by atoms with Crippen molar-refractivity contribution in [3.63, 3.8) is 0 Å². The largest absolute Gasteiger partial charge is 0.454 e. The molecule has 1 aromatic carbocycles. The summed E-state index contributed by atoms with van der Waals surface area (Å²) >= 11 is 0. The lowest BCUT2D eigenvalue weighted by Crippen LogP contribution is -2.33. The molecule has 0 aliphatic carbocycles. The number of benzene rings is 1. The fraction of sp³-hybridized carbons (Fsp3) is 0.333. The molecular weight excluding hydrogens is 340 g/mol. The number of amides is 1. The van der Waals surface area contributed by atoms with Gasteiger partial charge in [0.2, 0.25) is 0 Å². The van der Waals surface area contributed by atoms with Crippen molar-refractivity contribution in [2.24, 2.45) is 0 Å². The summed E-state index contributed by atoms with van der Waals surface area (Å²) in [5.41, 5.74) is 1.41. The second kappa shape index (κ2) is 8.22. The topological polar surface area (TPSA) is 63.3 Å². The molecule has 4 rings (SSSR count). The Morgan fingerprint density at radius 2 is 2.07 bits per heavy atom. The van der Waals surface area contributed by atoms with Crippen LogP contribution < -0.4 is 5.32 Å². The van der Waals surface area contributed by atoms with Crippen LogP contribution in [0.25, 0.3) is 0 Å². The maximum Gasteiger partial charge on any atom is 0.287 e. The van der Waals surface area contributed by atoms with Crippen molar-refractivity contribution >= 4 is 5.91 Å². The van der Waals surface area contributed by atoms with Crippen molar-refractivity contribution in [3.05, 3.63) is 78.0 Å². The molecule has 1 amide bonds. The van der Waals surface area contributed by atoms with Crippen LogP contribution >= 0.6 is 0 Å².